The smallest absolute Gasteiger partial charge is 0.342 e. The summed E-state index contributed by atoms with van der Waals surface area (Å²) >= 11 is 1.24. The number of hydrogen-bond donors (Lipinski definition) is 1. The van der Waals surface area contributed by atoms with Gasteiger partial charge in [0, 0.05) is 24.0 Å². The Bertz CT molecular complexity index is 815. The van der Waals surface area contributed by atoms with Crippen LogP contribution in [-0.2, 0) is 17.4 Å². The first-order chi connectivity index (χ1) is 12.2. The van der Waals surface area contributed by atoms with Gasteiger partial charge in [-0.15, -0.1) is 36.2 Å². The van der Waals surface area contributed by atoms with E-state index >= 15 is 0 Å². The highest BCUT2D eigenvalue weighted by molar-refractivity contribution is 7.13. The third-order valence-corrected chi connectivity index (χ3v) is 5.66. The molecule has 1 aromatic heterocycles. The van der Waals surface area contributed by atoms with Crippen molar-refractivity contribution in [2.24, 2.45) is 11.1 Å². The Morgan fingerprint density at radius 3 is 2.68 bits per heavy atom. The SMILES string of the molecule is CC1(CN)CCN(C(=O)Cc2csc(-c3cccc(C(F)(F)F)c3)n2)C1.Cl.Cl. The molecule has 2 aromatic rings. The maximum absolute atomic E-state index is 12.8. The van der Waals surface area contributed by atoms with Crippen LogP contribution in [0.1, 0.15) is 24.6 Å². The number of carbonyl (C=O) groups excluding carboxylic acids is 1. The van der Waals surface area contributed by atoms with Crippen LogP contribution >= 0.6 is 36.2 Å². The maximum Gasteiger partial charge on any atom is 0.416 e. The van der Waals surface area contributed by atoms with Crippen molar-refractivity contribution >= 4 is 42.1 Å². The molecule has 28 heavy (non-hydrogen) atoms. The van der Waals surface area contributed by atoms with E-state index in [0.717, 1.165) is 18.6 Å². The second kappa shape index (κ2) is 9.43. The summed E-state index contributed by atoms with van der Waals surface area (Å²) in [5.74, 6) is -0.0249. The molecular formula is C18H22Cl2F3N3OS. The molecule has 1 aromatic carbocycles. The summed E-state index contributed by atoms with van der Waals surface area (Å²) in [7, 11) is 0. The van der Waals surface area contributed by atoms with Crippen LogP contribution in [0.15, 0.2) is 29.6 Å². The molecule has 0 spiro atoms. The predicted molar refractivity (Wildman–Crippen MR) is 109 cm³/mol. The first-order valence-corrected chi connectivity index (χ1v) is 9.18. The van der Waals surface area contributed by atoms with Crippen molar-refractivity contribution in [1.82, 2.24) is 9.88 Å². The molecule has 4 nitrogen and oxygen atoms in total. The van der Waals surface area contributed by atoms with Crippen molar-refractivity contribution in [3.8, 4) is 10.6 Å². The van der Waals surface area contributed by atoms with E-state index in [2.05, 4.69) is 11.9 Å². The fourth-order valence-corrected chi connectivity index (χ4v) is 3.84. The van der Waals surface area contributed by atoms with Crippen LogP contribution < -0.4 is 5.73 Å². The number of alkyl halides is 3. The summed E-state index contributed by atoms with van der Waals surface area (Å²) < 4.78 is 38.5. The summed E-state index contributed by atoms with van der Waals surface area (Å²) in [6.45, 7) is 3.91. The third kappa shape index (κ3) is 5.59. The second-order valence-corrected chi connectivity index (χ2v) is 7.84. The lowest BCUT2D eigenvalue weighted by atomic mass is 9.90. The van der Waals surface area contributed by atoms with Gasteiger partial charge in [-0.3, -0.25) is 4.79 Å². The van der Waals surface area contributed by atoms with Gasteiger partial charge >= 0.3 is 6.18 Å². The molecule has 1 aliphatic heterocycles. The molecule has 1 unspecified atom stereocenters. The minimum absolute atomic E-state index is 0. The molecule has 0 saturated carbocycles. The molecular weight excluding hydrogens is 434 g/mol. The molecule has 1 saturated heterocycles. The monoisotopic (exact) mass is 455 g/mol. The zero-order chi connectivity index (χ0) is 18.9. The van der Waals surface area contributed by atoms with E-state index in [4.69, 9.17) is 5.73 Å². The fourth-order valence-electron chi connectivity index (χ4n) is 3.02. The predicted octanol–water partition coefficient (Wildman–Crippen LogP) is 4.41. The van der Waals surface area contributed by atoms with Crippen LogP contribution in [0.5, 0.6) is 0 Å². The van der Waals surface area contributed by atoms with E-state index in [1.807, 2.05) is 0 Å². The van der Waals surface area contributed by atoms with Crippen molar-refractivity contribution in [2.75, 3.05) is 19.6 Å². The molecule has 1 amide bonds. The van der Waals surface area contributed by atoms with Crippen LogP contribution in [0, 0.1) is 5.41 Å². The lowest BCUT2D eigenvalue weighted by Gasteiger charge is -2.22. The van der Waals surface area contributed by atoms with Crippen LogP contribution in [0.4, 0.5) is 13.2 Å². The van der Waals surface area contributed by atoms with Gasteiger partial charge in [-0.2, -0.15) is 13.2 Å². The quantitative estimate of drug-likeness (QED) is 0.742. The summed E-state index contributed by atoms with van der Waals surface area (Å²) in [6.07, 6.45) is -3.37. The molecule has 156 valence electrons. The summed E-state index contributed by atoms with van der Waals surface area (Å²) in [5, 5.41) is 2.21. The molecule has 10 heteroatoms. The van der Waals surface area contributed by atoms with Gasteiger partial charge in [0.05, 0.1) is 17.7 Å². The van der Waals surface area contributed by atoms with E-state index < -0.39 is 11.7 Å². The van der Waals surface area contributed by atoms with E-state index in [1.54, 1.807) is 16.3 Å². The number of likely N-dealkylation sites (tertiary alicyclic amines) is 1. The highest BCUT2D eigenvalue weighted by atomic mass is 35.5. The van der Waals surface area contributed by atoms with Crippen molar-refractivity contribution < 1.29 is 18.0 Å². The fraction of sp³-hybridized carbons (Fsp3) is 0.444. The van der Waals surface area contributed by atoms with Crippen molar-refractivity contribution in [3.05, 3.63) is 40.9 Å². The lowest BCUT2D eigenvalue weighted by Crippen LogP contribution is -2.35. The molecule has 2 N–H and O–H groups in total. The Labute approximate surface area is 178 Å². The van der Waals surface area contributed by atoms with Crippen LogP contribution in [0.3, 0.4) is 0 Å². The van der Waals surface area contributed by atoms with Gasteiger partial charge in [0.25, 0.3) is 0 Å². The standard InChI is InChI=1S/C18H20F3N3OS.2ClH/c1-17(10-22)5-6-24(11-17)15(25)8-14-9-26-16(23-14)12-3-2-4-13(7-12)18(19,20)21;;/h2-4,7,9H,5-6,8,10-11,22H2,1H3;2*1H. The van der Waals surface area contributed by atoms with Crippen LogP contribution in [-0.4, -0.2) is 35.4 Å². The number of amides is 1. The molecule has 0 aliphatic carbocycles. The van der Waals surface area contributed by atoms with Crippen molar-refractivity contribution in [1.29, 1.82) is 0 Å². The Morgan fingerprint density at radius 1 is 1.36 bits per heavy atom. The van der Waals surface area contributed by atoms with Gasteiger partial charge in [-0.05, 0) is 30.5 Å². The molecule has 2 heterocycles. The molecule has 0 radical (unpaired) electrons. The second-order valence-electron chi connectivity index (χ2n) is 6.98. The lowest BCUT2D eigenvalue weighted by molar-refractivity contribution is -0.137. The highest BCUT2D eigenvalue weighted by Crippen LogP contribution is 2.33. The highest BCUT2D eigenvalue weighted by Gasteiger charge is 2.35. The minimum Gasteiger partial charge on any atom is -0.342 e. The zero-order valence-electron chi connectivity index (χ0n) is 15.2. The molecule has 3 rings (SSSR count). The van der Waals surface area contributed by atoms with Gasteiger partial charge in [-0.25, -0.2) is 4.98 Å². The number of nitrogens with zero attached hydrogens (tertiary/aromatic N) is 2. The minimum atomic E-state index is -4.39. The average Bonchev–Trinajstić information content (AvgIpc) is 3.22. The van der Waals surface area contributed by atoms with Crippen LogP contribution in [0.2, 0.25) is 0 Å². The topological polar surface area (TPSA) is 59.2 Å². The first kappa shape index (κ1) is 24.7. The van der Waals surface area contributed by atoms with E-state index in [0.29, 0.717) is 35.9 Å². The average molecular weight is 456 g/mol. The molecule has 1 atom stereocenters. The normalized spacial score (nSPS) is 19.1. The number of halogens is 5. The third-order valence-electron chi connectivity index (χ3n) is 4.72. The van der Waals surface area contributed by atoms with E-state index in [9.17, 15) is 18.0 Å². The van der Waals surface area contributed by atoms with Gasteiger partial charge in [0.15, 0.2) is 0 Å². The van der Waals surface area contributed by atoms with E-state index in [1.165, 1.54) is 17.4 Å². The zero-order valence-corrected chi connectivity index (χ0v) is 17.6. The molecule has 1 fully saturated rings. The number of aromatic nitrogens is 1. The van der Waals surface area contributed by atoms with Gasteiger partial charge < -0.3 is 10.6 Å². The number of carbonyl (C=O) groups is 1. The number of nitrogens with two attached hydrogens (primary N) is 1. The first-order valence-electron chi connectivity index (χ1n) is 8.30. The van der Waals surface area contributed by atoms with Gasteiger partial charge in [-0.1, -0.05) is 19.1 Å². The summed E-state index contributed by atoms with van der Waals surface area (Å²) in [4.78, 5) is 18.6. The Hall–Kier alpha value is -1.35. The molecule has 1 aliphatic rings. The van der Waals surface area contributed by atoms with Gasteiger partial charge in [0.2, 0.25) is 5.91 Å². The summed E-state index contributed by atoms with van der Waals surface area (Å²) in [6, 6.07) is 5.07. The number of benzene rings is 1. The van der Waals surface area contributed by atoms with E-state index in [-0.39, 0.29) is 42.6 Å². The number of thiazole rings is 1. The maximum atomic E-state index is 12.8. The summed E-state index contributed by atoms with van der Waals surface area (Å²) in [5.41, 5.74) is 6.00. The largest absolute Gasteiger partial charge is 0.416 e. The Morgan fingerprint density at radius 2 is 2.07 bits per heavy atom. The Balaban J connectivity index is 0.00000196. The molecule has 0 bridgehead atoms. The number of rotatable bonds is 4. The Kier molecular flexibility index (Phi) is 8.32. The van der Waals surface area contributed by atoms with Crippen molar-refractivity contribution in [3.63, 3.8) is 0 Å². The van der Waals surface area contributed by atoms with Crippen molar-refractivity contribution in [2.45, 2.75) is 25.9 Å². The van der Waals surface area contributed by atoms with Gasteiger partial charge in [0.1, 0.15) is 5.01 Å². The number of hydrogen-bond acceptors (Lipinski definition) is 4. The van der Waals surface area contributed by atoms with Crippen LogP contribution in [0.25, 0.3) is 10.6 Å².